The van der Waals surface area contributed by atoms with Crippen molar-refractivity contribution < 1.29 is 0 Å². The standard InChI is InChI=1S/C10H7Br2N3/c11-7-3-1-2-4-8(7)15-10-5-9(12)13-6-14-10/h1-6H,(H,13,14,15). The van der Waals surface area contributed by atoms with E-state index in [2.05, 4.69) is 47.1 Å². The molecule has 0 aliphatic heterocycles. The minimum atomic E-state index is 0.753. The quantitative estimate of drug-likeness (QED) is 0.853. The van der Waals surface area contributed by atoms with E-state index in [0.717, 1.165) is 20.6 Å². The maximum atomic E-state index is 4.10. The average molecular weight is 329 g/mol. The summed E-state index contributed by atoms with van der Waals surface area (Å²) in [6, 6.07) is 9.69. The molecule has 0 atom stereocenters. The Labute approximate surface area is 104 Å². The van der Waals surface area contributed by atoms with Crippen LogP contribution in [-0.2, 0) is 0 Å². The lowest BCUT2D eigenvalue weighted by Gasteiger charge is -2.06. The molecule has 0 spiro atoms. The van der Waals surface area contributed by atoms with Gasteiger partial charge in [0, 0.05) is 10.5 Å². The second kappa shape index (κ2) is 4.72. The molecule has 0 amide bonds. The van der Waals surface area contributed by atoms with Crippen LogP contribution in [0.15, 0.2) is 45.7 Å². The van der Waals surface area contributed by atoms with Crippen LogP contribution in [0.25, 0.3) is 0 Å². The summed E-state index contributed by atoms with van der Waals surface area (Å²) in [5.74, 6) is 0.753. The van der Waals surface area contributed by atoms with Crippen molar-refractivity contribution in [2.45, 2.75) is 0 Å². The second-order valence-electron chi connectivity index (χ2n) is 2.83. The molecule has 76 valence electrons. The first kappa shape index (κ1) is 10.6. The Bertz CT molecular complexity index is 474. The van der Waals surface area contributed by atoms with E-state index in [4.69, 9.17) is 0 Å². The Morgan fingerprint density at radius 1 is 1.07 bits per heavy atom. The first-order chi connectivity index (χ1) is 7.25. The highest BCUT2D eigenvalue weighted by Gasteiger charge is 2.00. The van der Waals surface area contributed by atoms with Crippen LogP contribution >= 0.6 is 31.9 Å². The van der Waals surface area contributed by atoms with Crippen molar-refractivity contribution in [2.24, 2.45) is 0 Å². The molecule has 0 unspecified atom stereocenters. The fraction of sp³-hybridized carbons (Fsp3) is 0. The minimum absolute atomic E-state index is 0.753. The summed E-state index contributed by atoms with van der Waals surface area (Å²) >= 11 is 6.75. The van der Waals surface area contributed by atoms with E-state index < -0.39 is 0 Å². The van der Waals surface area contributed by atoms with Crippen molar-refractivity contribution in [3.05, 3.63) is 45.7 Å². The van der Waals surface area contributed by atoms with E-state index in [0.29, 0.717) is 0 Å². The highest BCUT2D eigenvalue weighted by atomic mass is 79.9. The number of halogens is 2. The molecule has 1 aromatic heterocycles. The number of anilines is 2. The Balaban J connectivity index is 2.26. The zero-order valence-corrected chi connectivity index (χ0v) is 10.8. The van der Waals surface area contributed by atoms with E-state index in [1.54, 1.807) is 0 Å². The van der Waals surface area contributed by atoms with Gasteiger partial charge >= 0.3 is 0 Å². The molecule has 0 saturated heterocycles. The van der Waals surface area contributed by atoms with Crippen LogP contribution in [0.3, 0.4) is 0 Å². The van der Waals surface area contributed by atoms with Crippen LogP contribution in [-0.4, -0.2) is 9.97 Å². The first-order valence-corrected chi connectivity index (χ1v) is 5.83. The predicted molar refractivity (Wildman–Crippen MR) is 67.2 cm³/mol. The van der Waals surface area contributed by atoms with Crippen LogP contribution in [0.2, 0.25) is 0 Å². The van der Waals surface area contributed by atoms with Crippen molar-refractivity contribution in [1.29, 1.82) is 0 Å². The largest absolute Gasteiger partial charge is 0.339 e. The Morgan fingerprint density at radius 2 is 1.87 bits per heavy atom. The van der Waals surface area contributed by atoms with Gasteiger partial charge < -0.3 is 5.32 Å². The number of nitrogens with one attached hydrogen (secondary N) is 1. The van der Waals surface area contributed by atoms with Gasteiger partial charge in [-0.3, -0.25) is 0 Å². The maximum absolute atomic E-state index is 4.10. The van der Waals surface area contributed by atoms with E-state index in [1.807, 2.05) is 30.3 Å². The van der Waals surface area contributed by atoms with Crippen LogP contribution in [0.4, 0.5) is 11.5 Å². The Kier molecular flexibility index (Phi) is 3.33. The summed E-state index contributed by atoms with van der Waals surface area (Å²) in [4.78, 5) is 8.06. The van der Waals surface area contributed by atoms with Gasteiger partial charge in [-0.25, -0.2) is 9.97 Å². The third-order valence-corrected chi connectivity index (χ3v) is 2.90. The third kappa shape index (κ3) is 2.76. The lowest BCUT2D eigenvalue weighted by atomic mass is 10.3. The molecule has 0 aliphatic rings. The van der Waals surface area contributed by atoms with E-state index in [9.17, 15) is 0 Å². The van der Waals surface area contributed by atoms with E-state index in [-0.39, 0.29) is 0 Å². The van der Waals surface area contributed by atoms with E-state index in [1.165, 1.54) is 6.33 Å². The van der Waals surface area contributed by atoms with Gasteiger partial charge in [0.05, 0.1) is 5.69 Å². The molecule has 2 aromatic rings. The van der Waals surface area contributed by atoms with Gasteiger partial charge in [0.1, 0.15) is 16.7 Å². The number of hydrogen-bond donors (Lipinski definition) is 1. The molecular formula is C10H7Br2N3. The molecule has 0 aliphatic carbocycles. The Hall–Kier alpha value is -0.940. The number of benzene rings is 1. The summed E-state index contributed by atoms with van der Waals surface area (Å²) in [5, 5.41) is 3.19. The van der Waals surface area contributed by atoms with Gasteiger partial charge in [-0.1, -0.05) is 12.1 Å². The third-order valence-electron chi connectivity index (χ3n) is 1.77. The van der Waals surface area contributed by atoms with Crippen LogP contribution in [0.1, 0.15) is 0 Å². The van der Waals surface area contributed by atoms with Gasteiger partial charge in [0.15, 0.2) is 0 Å². The van der Waals surface area contributed by atoms with Crippen LogP contribution in [0, 0.1) is 0 Å². The van der Waals surface area contributed by atoms with Crippen molar-refractivity contribution in [3.63, 3.8) is 0 Å². The molecule has 0 radical (unpaired) electrons. The molecule has 5 heteroatoms. The first-order valence-electron chi connectivity index (χ1n) is 4.25. The topological polar surface area (TPSA) is 37.8 Å². The SMILES string of the molecule is Brc1cc(Nc2ccccc2Br)ncn1. The second-order valence-corrected chi connectivity index (χ2v) is 4.50. The molecule has 0 bridgehead atoms. The molecule has 1 N–H and O–H groups in total. The molecular weight excluding hydrogens is 322 g/mol. The van der Waals surface area contributed by atoms with Crippen LogP contribution < -0.4 is 5.32 Å². The van der Waals surface area contributed by atoms with Gasteiger partial charge in [0.25, 0.3) is 0 Å². The Morgan fingerprint density at radius 3 is 2.60 bits per heavy atom. The molecule has 1 aromatic carbocycles. The molecule has 0 saturated carbocycles. The van der Waals surface area contributed by atoms with Gasteiger partial charge in [-0.2, -0.15) is 0 Å². The molecule has 2 rings (SSSR count). The highest BCUT2D eigenvalue weighted by molar-refractivity contribution is 9.10. The van der Waals surface area contributed by atoms with Gasteiger partial charge in [-0.05, 0) is 44.0 Å². The lowest BCUT2D eigenvalue weighted by Crippen LogP contribution is -1.94. The van der Waals surface area contributed by atoms with Gasteiger partial charge in [-0.15, -0.1) is 0 Å². The summed E-state index contributed by atoms with van der Waals surface area (Å²) in [7, 11) is 0. The number of aromatic nitrogens is 2. The summed E-state index contributed by atoms with van der Waals surface area (Å²) in [6.07, 6.45) is 1.50. The maximum Gasteiger partial charge on any atom is 0.134 e. The molecule has 1 heterocycles. The average Bonchev–Trinajstić information content (AvgIpc) is 2.22. The van der Waals surface area contributed by atoms with Crippen LogP contribution in [0.5, 0.6) is 0 Å². The van der Waals surface area contributed by atoms with Crippen molar-refractivity contribution >= 4 is 43.4 Å². The zero-order valence-electron chi connectivity index (χ0n) is 7.61. The normalized spacial score (nSPS) is 10.0. The highest BCUT2D eigenvalue weighted by Crippen LogP contribution is 2.24. The number of nitrogens with zero attached hydrogens (tertiary/aromatic N) is 2. The minimum Gasteiger partial charge on any atom is -0.339 e. The number of para-hydroxylation sites is 1. The summed E-state index contributed by atoms with van der Waals surface area (Å²) in [5.41, 5.74) is 0.975. The molecule has 3 nitrogen and oxygen atoms in total. The molecule has 0 fully saturated rings. The summed E-state index contributed by atoms with van der Waals surface area (Å²) in [6.45, 7) is 0. The van der Waals surface area contributed by atoms with Gasteiger partial charge in [0.2, 0.25) is 0 Å². The fourth-order valence-electron chi connectivity index (χ4n) is 1.10. The van der Waals surface area contributed by atoms with Crippen molar-refractivity contribution in [1.82, 2.24) is 9.97 Å². The monoisotopic (exact) mass is 327 g/mol. The lowest BCUT2D eigenvalue weighted by molar-refractivity contribution is 1.14. The zero-order chi connectivity index (χ0) is 10.7. The summed E-state index contributed by atoms with van der Waals surface area (Å²) < 4.78 is 1.76. The number of rotatable bonds is 2. The predicted octanol–water partition coefficient (Wildman–Crippen LogP) is 3.75. The number of hydrogen-bond acceptors (Lipinski definition) is 3. The van der Waals surface area contributed by atoms with Crippen molar-refractivity contribution in [2.75, 3.05) is 5.32 Å². The van der Waals surface area contributed by atoms with Crippen molar-refractivity contribution in [3.8, 4) is 0 Å². The molecule has 15 heavy (non-hydrogen) atoms. The fourth-order valence-corrected chi connectivity index (χ4v) is 1.79. The smallest absolute Gasteiger partial charge is 0.134 e. The van der Waals surface area contributed by atoms with E-state index >= 15 is 0 Å².